The molecule has 18 heavy (non-hydrogen) atoms. The smallest absolute Gasteiger partial charge is 0.188 e. The Morgan fingerprint density at radius 3 is 2.83 bits per heavy atom. The maximum atomic E-state index is 4.60. The van der Waals surface area contributed by atoms with Gasteiger partial charge in [-0.25, -0.2) is 4.98 Å². The average molecular weight is 319 g/mol. The maximum Gasteiger partial charge on any atom is 0.188 e. The number of halogens is 1. The molecule has 1 aromatic heterocycles. The molecule has 4 heteroatoms. The highest BCUT2D eigenvalue weighted by Crippen LogP contribution is 2.31. The van der Waals surface area contributed by atoms with Crippen LogP contribution in [0, 0.1) is 6.92 Å². The fraction of sp³-hybridized carbons (Fsp3) is 0.0714. The van der Waals surface area contributed by atoms with Crippen molar-refractivity contribution < 1.29 is 0 Å². The molecule has 0 atom stereocenters. The summed E-state index contributed by atoms with van der Waals surface area (Å²) in [6, 6.07) is 14.4. The maximum absolute atomic E-state index is 4.60. The molecule has 2 nitrogen and oxygen atoms in total. The largest absolute Gasteiger partial charge is 0.331 e. The molecule has 2 aromatic carbocycles. The van der Waals surface area contributed by atoms with Crippen LogP contribution in [0.25, 0.3) is 10.2 Å². The number of aryl methyl sites for hydroxylation is 1. The Labute approximate surface area is 118 Å². The van der Waals surface area contributed by atoms with Gasteiger partial charge < -0.3 is 5.32 Å². The molecular weight excluding hydrogens is 308 g/mol. The highest BCUT2D eigenvalue weighted by Gasteiger charge is 2.05. The van der Waals surface area contributed by atoms with Crippen molar-refractivity contribution in [3.8, 4) is 0 Å². The lowest BCUT2D eigenvalue weighted by atomic mass is 10.2. The second-order valence-corrected chi connectivity index (χ2v) is 5.98. The van der Waals surface area contributed by atoms with Crippen LogP contribution in [0.1, 0.15) is 5.56 Å². The molecule has 0 aliphatic heterocycles. The number of nitrogens with zero attached hydrogens (tertiary/aromatic N) is 1. The van der Waals surface area contributed by atoms with Crippen molar-refractivity contribution in [2.45, 2.75) is 6.92 Å². The molecule has 3 aromatic rings. The first kappa shape index (κ1) is 11.7. The van der Waals surface area contributed by atoms with Crippen LogP contribution in [0.4, 0.5) is 10.8 Å². The second kappa shape index (κ2) is 4.71. The van der Waals surface area contributed by atoms with E-state index in [4.69, 9.17) is 0 Å². The molecule has 0 aliphatic carbocycles. The number of nitrogens with one attached hydrogen (secondary N) is 1. The second-order valence-electron chi connectivity index (χ2n) is 4.10. The predicted molar refractivity (Wildman–Crippen MR) is 81.8 cm³/mol. The Balaban J connectivity index is 1.98. The summed E-state index contributed by atoms with van der Waals surface area (Å²) in [5.74, 6) is 0. The molecule has 0 spiro atoms. The minimum Gasteiger partial charge on any atom is -0.331 e. The van der Waals surface area contributed by atoms with Gasteiger partial charge in [0.25, 0.3) is 0 Å². The van der Waals surface area contributed by atoms with Crippen LogP contribution in [0.2, 0.25) is 0 Å². The lowest BCUT2D eigenvalue weighted by Gasteiger charge is -2.03. The monoisotopic (exact) mass is 318 g/mol. The predicted octanol–water partition coefficient (Wildman–Crippen LogP) is 5.11. The number of thiazole rings is 1. The zero-order chi connectivity index (χ0) is 12.5. The SMILES string of the molecule is Cc1ccc2sc(Nc3ccccc3Br)nc2c1. The average Bonchev–Trinajstić information content (AvgIpc) is 2.73. The van der Waals surface area contributed by atoms with Crippen molar-refractivity contribution in [2.75, 3.05) is 5.32 Å². The lowest BCUT2D eigenvalue weighted by Crippen LogP contribution is -1.89. The van der Waals surface area contributed by atoms with Crippen molar-refractivity contribution >= 4 is 48.3 Å². The highest BCUT2D eigenvalue weighted by atomic mass is 79.9. The highest BCUT2D eigenvalue weighted by molar-refractivity contribution is 9.10. The molecule has 0 bridgehead atoms. The summed E-state index contributed by atoms with van der Waals surface area (Å²) >= 11 is 5.19. The van der Waals surface area contributed by atoms with Gasteiger partial charge in [-0.3, -0.25) is 0 Å². The summed E-state index contributed by atoms with van der Waals surface area (Å²) in [4.78, 5) is 4.60. The molecule has 0 fully saturated rings. The van der Waals surface area contributed by atoms with E-state index < -0.39 is 0 Å². The molecule has 0 aliphatic rings. The van der Waals surface area contributed by atoms with Crippen molar-refractivity contribution in [3.05, 3.63) is 52.5 Å². The van der Waals surface area contributed by atoms with E-state index in [1.165, 1.54) is 10.3 Å². The molecule has 0 saturated heterocycles. The number of aromatic nitrogens is 1. The zero-order valence-corrected chi connectivity index (χ0v) is 12.2. The molecule has 0 radical (unpaired) electrons. The number of benzene rings is 2. The summed E-state index contributed by atoms with van der Waals surface area (Å²) in [6.45, 7) is 2.08. The Hall–Kier alpha value is -1.39. The van der Waals surface area contributed by atoms with Crippen LogP contribution in [0.3, 0.4) is 0 Å². The van der Waals surface area contributed by atoms with Gasteiger partial charge in [0.05, 0.1) is 15.9 Å². The summed E-state index contributed by atoms with van der Waals surface area (Å²) in [6.07, 6.45) is 0. The number of hydrogen-bond donors (Lipinski definition) is 1. The Kier molecular flexibility index (Phi) is 3.06. The van der Waals surface area contributed by atoms with Gasteiger partial charge in [0.15, 0.2) is 5.13 Å². The third-order valence-corrected chi connectivity index (χ3v) is 4.30. The van der Waals surface area contributed by atoms with Gasteiger partial charge in [0.1, 0.15) is 0 Å². The molecule has 1 N–H and O–H groups in total. The van der Waals surface area contributed by atoms with Gasteiger partial charge in [-0.15, -0.1) is 0 Å². The van der Waals surface area contributed by atoms with Crippen molar-refractivity contribution in [2.24, 2.45) is 0 Å². The minimum absolute atomic E-state index is 0.919. The number of hydrogen-bond acceptors (Lipinski definition) is 3. The standard InChI is InChI=1S/C14H11BrN2S/c1-9-6-7-13-12(8-9)17-14(18-13)16-11-5-3-2-4-10(11)15/h2-8H,1H3,(H,16,17). The first-order chi connectivity index (χ1) is 8.72. The van der Waals surface area contributed by atoms with Gasteiger partial charge in [-0.2, -0.15) is 0 Å². The third kappa shape index (κ3) is 2.26. The van der Waals surface area contributed by atoms with Gasteiger partial charge in [-0.05, 0) is 52.7 Å². The Morgan fingerprint density at radius 2 is 2.00 bits per heavy atom. The third-order valence-electron chi connectivity index (χ3n) is 2.66. The van der Waals surface area contributed by atoms with Crippen molar-refractivity contribution in [1.82, 2.24) is 4.98 Å². The summed E-state index contributed by atoms with van der Waals surface area (Å²) < 4.78 is 2.25. The summed E-state index contributed by atoms with van der Waals surface area (Å²) in [7, 11) is 0. The number of rotatable bonds is 2. The van der Waals surface area contributed by atoms with E-state index in [1.807, 2.05) is 24.3 Å². The van der Waals surface area contributed by atoms with Gasteiger partial charge >= 0.3 is 0 Å². The number of anilines is 2. The van der Waals surface area contributed by atoms with E-state index in [0.717, 1.165) is 20.8 Å². The van der Waals surface area contributed by atoms with E-state index >= 15 is 0 Å². The molecule has 1 heterocycles. The van der Waals surface area contributed by atoms with Crippen LogP contribution in [0.5, 0.6) is 0 Å². The van der Waals surface area contributed by atoms with E-state index in [1.54, 1.807) is 11.3 Å². The fourth-order valence-corrected chi connectivity index (χ4v) is 3.01. The number of fused-ring (bicyclic) bond motifs is 1. The van der Waals surface area contributed by atoms with Gasteiger partial charge in [0, 0.05) is 4.47 Å². The molecule has 90 valence electrons. The Bertz CT molecular complexity index is 706. The van der Waals surface area contributed by atoms with Crippen LogP contribution >= 0.6 is 27.3 Å². The van der Waals surface area contributed by atoms with Crippen molar-refractivity contribution in [3.63, 3.8) is 0 Å². The lowest BCUT2D eigenvalue weighted by molar-refractivity contribution is 1.42. The molecule has 0 amide bonds. The van der Waals surface area contributed by atoms with Crippen LogP contribution in [-0.2, 0) is 0 Å². The number of para-hydroxylation sites is 1. The first-order valence-corrected chi connectivity index (χ1v) is 7.22. The van der Waals surface area contributed by atoms with E-state index in [0.29, 0.717) is 0 Å². The van der Waals surface area contributed by atoms with E-state index in [2.05, 4.69) is 51.4 Å². The quantitative estimate of drug-likeness (QED) is 0.710. The summed E-state index contributed by atoms with van der Waals surface area (Å²) in [5, 5.41) is 4.26. The van der Waals surface area contributed by atoms with Crippen molar-refractivity contribution in [1.29, 1.82) is 0 Å². The van der Waals surface area contributed by atoms with Gasteiger partial charge in [0.2, 0.25) is 0 Å². The van der Waals surface area contributed by atoms with Gasteiger partial charge in [-0.1, -0.05) is 29.5 Å². The van der Waals surface area contributed by atoms with Crippen LogP contribution in [-0.4, -0.2) is 4.98 Å². The van der Waals surface area contributed by atoms with E-state index in [-0.39, 0.29) is 0 Å². The molecule has 0 saturated carbocycles. The van der Waals surface area contributed by atoms with Crippen LogP contribution in [0.15, 0.2) is 46.9 Å². The first-order valence-electron chi connectivity index (χ1n) is 5.61. The molecule has 3 rings (SSSR count). The van der Waals surface area contributed by atoms with Crippen LogP contribution < -0.4 is 5.32 Å². The summed E-state index contributed by atoms with van der Waals surface area (Å²) in [5.41, 5.74) is 3.32. The fourth-order valence-electron chi connectivity index (χ4n) is 1.77. The topological polar surface area (TPSA) is 24.9 Å². The zero-order valence-electron chi connectivity index (χ0n) is 9.77. The molecular formula is C14H11BrN2S. The molecule has 0 unspecified atom stereocenters. The normalized spacial score (nSPS) is 10.8. The Morgan fingerprint density at radius 1 is 1.17 bits per heavy atom. The van der Waals surface area contributed by atoms with E-state index in [9.17, 15) is 0 Å². The minimum atomic E-state index is 0.919.